The fraction of sp³-hybridized carbons (Fsp3) is 0.550. The Hall–Kier alpha value is -1.77. The molecule has 1 aromatic heterocycles. The molecule has 9 heteroatoms. The number of hydrogen-bond donors (Lipinski definition) is 0. The Kier molecular flexibility index (Phi) is 6.32. The number of carbonyl (C=O) groups excluding carboxylic acids is 1. The summed E-state index contributed by atoms with van der Waals surface area (Å²) in [5, 5.41) is 10.2. The second-order valence-corrected chi connectivity index (χ2v) is 9.02. The molecule has 0 aliphatic carbocycles. The summed E-state index contributed by atoms with van der Waals surface area (Å²) < 4.78 is 7.75. The normalized spacial score (nSPS) is 22.3. The molecule has 2 aromatic rings. The van der Waals surface area contributed by atoms with Crippen molar-refractivity contribution in [2.45, 2.75) is 44.1 Å². The van der Waals surface area contributed by atoms with Gasteiger partial charge in [-0.3, -0.25) is 9.36 Å². The second-order valence-electron chi connectivity index (χ2n) is 7.64. The zero-order valence-electron chi connectivity index (χ0n) is 16.8. The van der Waals surface area contributed by atoms with Crippen molar-refractivity contribution in [2.75, 3.05) is 36.8 Å². The number of thioether (sulfide) groups is 1. The van der Waals surface area contributed by atoms with Gasteiger partial charge in [0.2, 0.25) is 11.9 Å². The molecule has 0 unspecified atom stereocenters. The van der Waals surface area contributed by atoms with Crippen molar-refractivity contribution in [2.24, 2.45) is 0 Å². The van der Waals surface area contributed by atoms with Gasteiger partial charge in [-0.2, -0.15) is 0 Å². The maximum absolute atomic E-state index is 12.8. The minimum Gasteiger partial charge on any atom is -0.372 e. The van der Waals surface area contributed by atoms with Crippen LogP contribution >= 0.6 is 23.4 Å². The molecule has 2 fully saturated rings. The van der Waals surface area contributed by atoms with E-state index in [1.165, 1.54) is 11.8 Å². The summed E-state index contributed by atoms with van der Waals surface area (Å²) >= 11 is 7.65. The molecule has 0 saturated carbocycles. The predicted octanol–water partition coefficient (Wildman–Crippen LogP) is 3.25. The molecular formula is C20H26ClN5O2S. The van der Waals surface area contributed by atoms with Crippen molar-refractivity contribution >= 4 is 35.2 Å². The maximum atomic E-state index is 12.8. The largest absolute Gasteiger partial charge is 0.372 e. The summed E-state index contributed by atoms with van der Waals surface area (Å²) in [5.41, 5.74) is 0.910. The van der Waals surface area contributed by atoms with Crippen LogP contribution in [0.2, 0.25) is 5.02 Å². The number of hydrogen-bond acceptors (Lipinski definition) is 6. The molecule has 156 valence electrons. The van der Waals surface area contributed by atoms with Crippen LogP contribution in [0.4, 0.5) is 5.95 Å². The van der Waals surface area contributed by atoms with Crippen molar-refractivity contribution in [3.63, 3.8) is 0 Å². The average Bonchev–Trinajstić information content (AvgIpc) is 3.34. The van der Waals surface area contributed by atoms with E-state index in [0.29, 0.717) is 29.0 Å². The quantitative estimate of drug-likeness (QED) is 0.672. The molecule has 2 aliphatic rings. The van der Waals surface area contributed by atoms with Crippen LogP contribution in [0, 0.1) is 0 Å². The topological polar surface area (TPSA) is 63.5 Å². The van der Waals surface area contributed by atoms with Crippen LogP contribution in [0.25, 0.3) is 5.69 Å². The fourth-order valence-corrected chi connectivity index (χ4v) is 4.95. The Morgan fingerprint density at radius 3 is 2.62 bits per heavy atom. The van der Waals surface area contributed by atoms with Crippen LogP contribution in [0.15, 0.2) is 29.4 Å². The summed E-state index contributed by atoms with van der Waals surface area (Å²) in [5.74, 6) is 1.23. The zero-order valence-corrected chi connectivity index (χ0v) is 18.3. The van der Waals surface area contributed by atoms with Gasteiger partial charge in [0.05, 0.1) is 23.6 Å². The van der Waals surface area contributed by atoms with Crippen molar-refractivity contribution in [3.8, 4) is 5.69 Å². The van der Waals surface area contributed by atoms with E-state index < -0.39 is 0 Å². The van der Waals surface area contributed by atoms with Crippen LogP contribution in [-0.2, 0) is 9.53 Å². The van der Waals surface area contributed by atoms with Gasteiger partial charge in [-0.1, -0.05) is 29.4 Å². The molecule has 0 radical (unpaired) electrons. The minimum absolute atomic E-state index is 0.0598. The number of ether oxygens (including phenoxy) is 1. The summed E-state index contributed by atoms with van der Waals surface area (Å²) in [4.78, 5) is 16.9. The molecule has 3 heterocycles. The lowest BCUT2D eigenvalue weighted by atomic mass is 10.2. The van der Waals surface area contributed by atoms with Gasteiger partial charge in [-0.25, -0.2) is 0 Å². The highest BCUT2D eigenvalue weighted by molar-refractivity contribution is 7.99. The monoisotopic (exact) mass is 435 g/mol. The molecule has 29 heavy (non-hydrogen) atoms. The predicted molar refractivity (Wildman–Crippen MR) is 115 cm³/mol. The summed E-state index contributed by atoms with van der Waals surface area (Å²) in [6, 6.07) is 7.66. The highest BCUT2D eigenvalue weighted by Crippen LogP contribution is 2.30. The lowest BCUT2D eigenvalue weighted by Crippen LogP contribution is -2.48. The van der Waals surface area contributed by atoms with Crippen LogP contribution in [0.3, 0.4) is 0 Å². The third-order valence-corrected chi connectivity index (χ3v) is 6.32. The van der Waals surface area contributed by atoms with Crippen molar-refractivity contribution < 1.29 is 9.53 Å². The Morgan fingerprint density at radius 1 is 1.21 bits per heavy atom. The number of aromatic nitrogens is 3. The van der Waals surface area contributed by atoms with Crippen molar-refractivity contribution in [3.05, 3.63) is 29.3 Å². The molecule has 2 atom stereocenters. The summed E-state index contributed by atoms with van der Waals surface area (Å²) in [6.07, 6.45) is 2.42. The number of amides is 1. The first-order chi connectivity index (χ1) is 14.0. The van der Waals surface area contributed by atoms with E-state index in [-0.39, 0.29) is 18.1 Å². The third-order valence-electron chi connectivity index (χ3n) is 5.17. The van der Waals surface area contributed by atoms with E-state index >= 15 is 0 Å². The van der Waals surface area contributed by atoms with Crippen LogP contribution in [0.1, 0.15) is 26.7 Å². The standard InChI is InChI=1S/C20H26ClN5O2S/c1-14-11-25(12-15(2)28-14)18(27)13-29-20-23-22-19(24-8-3-4-9-24)26(20)17-7-5-6-16(21)10-17/h5-7,10,14-15H,3-4,8-9,11-13H2,1-2H3/t14-,15+. The molecule has 0 N–H and O–H groups in total. The van der Waals surface area contributed by atoms with E-state index in [9.17, 15) is 4.79 Å². The molecule has 1 amide bonds. The number of carbonyl (C=O) groups is 1. The fourth-order valence-electron chi connectivity index (χ4n) is 3.92. The lowest BCUT2D eigenvalue weighted by Gasteiger charge is -2.35. The van der Waals surface area contributed by atoms with Gasteiger partial charge in [0.1, 0.15) is 0 Å². The van der Waals surface area contributed by atoms with Gasteiger partial charge in [0, 0.05) is 31.2 Å². The highest BCUT2D eigenvalue weighted by Gasteiger charge is 2.27. The van der Waals surface area contributed by atoms with Gasteiger partial charge >= 0.3 is 0 Å². The zero-order chi connectivity index (χ0) is 20.4. The van der Waals surface area contributed by atoms with Gasteiger partial charge in [0.15, 0.2) is 5.16 Å². The molecule has 7 nitrogen and oxygen atoms in total. The van der Waals surface area contributed by atoms with E-state index in [0.717, 1.165) is 37.6 Å². The Labute approximate surface area is 180 Å². The molecule has 2 aliphatic heterocycles. The Morgan fingerprint density at radius 2 is 1.93 bits per heavy atom. The number of morpholine rings is 1. The average molecular weight is 436 g/mol. The number of rotatable bonds is 5. The summed E-state index contributed by atoms with van der Waals surface area (Å²) in [7, 11) is 0. The number of benzene rings is 1. The number of nitrogens with zero attached hydrogens (tertiary/aromatic N) is 5. The SMILES string of the molecule is C[C@@H]1CN(C(=O)CSc2nnc(N3CCCC3)n2-c2cccc(Cl)c2)C[C@H](C)O1. The first-order valence-electron chi connectivity index (χ1n) is 10.0. The van der Waals surface area contributed by atoms with E-state index in [2.05, 4.69) is 15.1 Å². The molecule has 4 rings (SSSR count). The Bertz CT molecular complexity index is 860. The van der Waals surface area contributed by atoms with Gasteiger partial charge in [0.25, 0.3) is 0 Å². The third kappa shape index (κ3) is 4.70. The lowest BCUT2D eigenvalue weighted by molar-refractivity contribution is -0.140. The van der Waals surface area contributed by atoms with Gasteiger partial charge in [-0.05, 0) is 44.9 Å². The van der Waals surface area contributed by atoms with Crippen LogP contribution < -0.4 is 4.90 Å². The van der Waals surface area contributed by atoms with E-state index in [1.54, 1.807) is 0 Å². The smallest absolute Gasteiger partial charge is 0.233 e. The van der Waals surface area contributed by atoms with E-state index in [4.69, 9.17) is 16.3 Å². The molecule has 2 saturated heterocycles. The molecule has 0 bridgehead atoms. The Balaban J connectivity index is 1.55. The second kappa shape index (κ2) is 8.93. The van der Waals surface area contributed by atoms with Gasteiger partial charge in [-0.15, -0.1) is 10.2 Å². The van der Waals surface area contributed by atoms with Crippen molar-refractivity contribution in [1.82, 2.24) is 19.7 Å². The minimum atomic E-state index is 0.0598. The van der Waals surface area contributed by atoms with Crippen molar-refractivity contribution in [1.29, 1.82) is 0 Å². The number of anilines is 1. The molecular weight excluding hydrogens is 410 g/mol. The first kappa shape index (κ1) is 20.5. The van der Waals surface area contributed by atoms with E-state index in [1.807, 2.05) is 47.6 Å². The highest BCUT2D eigenvalue weighted by atomic mass is 35.5. The van der Waals surface area contributed by atoms with Gasteiger partial charge < -0.3 is 14.5 Å². The first-order valence-corrected chi connectivity index (χ1v) is 11.4. The maximum Gasteiger partial charge on any atom is 0.233 e. The molecule has 0 spiro atoms. The van der Waals surface area contributed by atoms with Crippen LogP contribution in [-0.4, -0.2) is 69.7 Å². The number of halogens is 1. The summed E-state index contributed by atoms with van der Waals surface area (Å²) in [6.45, 7) is 7.19. The molecule has 1 aromatic carbocycles. The van der Waals surface area contributed by atoms with Crippen LogP contribution in [0.5, 0.6) is 0 Å².